The lowest BCUT2D eigenvalue weighted by molar-refractivity contribution is 0.218. The number of aliphatic hydroxyl groups is 1. The Kier molecular flexibility index (Phi) is 4.58. The van der Waals surface area contributed by atoms with Crippen LogP contribution < -0.4 is 5.73 Å². The molecule has 0 bridgehead atoms. The second kappa shape index (κ2) is 6.21. The van der Waals surface area contributed by atoms with E-state index in [1.165, 1.54) is 11.1 Å². The van der Waals surface area contributed by atoms with Gasteiger partial charge in [-0.1, -0.05) is 42.0 Å². The van der Waals surface area contributed by atoms with Crippen LogP contribution in [0.4, 0.5) is 0 Å². The fourth-order valence-electron chi connectivity index (χ4n) is 2.82. The maximum atomic E-state index is 10.6. The summed E-state index contributed by atoms with van der Waals surface area (Å²) in [6.07, 6.45) is 0.307. The zero-order chi connectivity index (χ0) is 14.7. The first-order chi connectivity index (χ1) is 9.52. The summed E-state index contributed by atoms with van der Waals surface area (Å²) in [4.78, 5) is 0. The minimum absolute atomic E-state index is 0.567. The zero-order valence-corrected chi connectivity index (χ0v) is 12.5. The molecular weight excluding hydrogens is 246 g/mol. The third kappa shape index (κ3) is 3.09. The fraction of sp³-hybridized carbons (Fsp3) is 0.333. The van der Waals surface area contributed by atoms with Crippen molar-refractivity contribution >= 4 is 0 Å². The molecule has 2 heteroatoms. The first-order valence-electron chi connectivity index (χ1n) is 7.07. The van der Waals surface area contributed by atoms with Gasteiger partial charge in [0.05, 0.1) is 0 Å². The van der Waals surface area contributed by atoms with E-state index < -0.39 is 6.10 Å². The van der Waals surface area contributed by atoms with Crippen molar-refractivity contribution in [3.8, 4) is 0 Å². The van der Waals surface area contributed by atoms with Crippen molar-refractivity contribution in [1.82, 2.24) is 0 Å². The van der Waals surface area contributed by atoms with Crippen LogP contribution in [-0.4, -0.2) is 11.7 Å². The highest BCUT2D eigenvalue weighted by Crippen LogP contribution is 2.28. The first kappa shape index (κ1) is 14.8. The Balaban J connectivity index is 2.33. The van der Waals surface area contributed by atoms with Gasteiger partial charge in [-0.2, -0.15) is 0 Å². The van der Waals surface area contributed by atoms with Gasteiger partial charge in [0.1, 0.15) is 6.10 Å². The van der Waals surface area contributed by atoms with Crippen LogP contribution in [0.3, 0.4) is 0 Å². The predicted molar refractivity (Wildman–Crippen MR) is 83.9 cm³/mol. The SMILES string of the molecule is Cc1cc(C)c(C(O)c2ccc(CCN)cc2)c(C)c1. The Hall–Kier alpha value is -1.64. The standard InChI is InChI=1S/C18H23NO/c1-12-10-13(2)17(14(3)11-12)18(20)16-6-4-15(5-7-16)8-9-19/h4-7,10-11,18,20H,8-9,19H2,1-3H3. The second-order valence-electron chi connectivity index (χ2n) is 5.50. The summed E-state index contributed by atoms with van der Waals surface area (Å²) in [5.41, 5.74) is 12.2. The minimum Gasteiger partial charge on any atom is -0.384 e. The quantitative estimate of drug-likeness (QED) is 0.895. The normalized spacial score (nSPS) is 12.4. The zero-order valence-electron chi connectivity index (χ0n) is 12.5. The van der Waals surface area contributed by atoms with E-state index in [0.717, 1.165) is 28.7 Å². The molecule has 2 aromatic carbocycles. The van der Waals surface area contributed by atoms with Crippen LogP contribution in [0, 0.1) is 20.8 Å². The minimum atomic E-state index is -0.567. The van der Waals surface area contributed by atoms with Crippen LogP contribution in [0.2, 0.25) is 0 Å². The van der Waals surface area contributed by atoms with Gasteiger partial charge in [0.2, 0.25) is 0 Å². The van der Waals surface area contributed by atoms with Crippen LogP contribution >= 0.6 is 0 Å². The van der Waals surface area contributed by atoms with Gasteiger partial charge in [0.25, 0.3) is 0 Å². The summed E-state index contributed by atoms with van der Waals surface area (Å²) in [5.74, 6) is 0. The lowest BCUT2D eigenvalue weighted by Crippen LogP contribution is -2.06. The molecule has 2 rings (SSSR count). The van der Waals surface area contributed by atoms with Crippen LogP contribution in [-0.2, 0) is 6.42 Å². The molecule has 0 aliphatic carbocycles. The average Bonchev–Trinajstić information content (AvgIpc) is 2.38. The van der Waals surface area contributed by atoms with E-state index in [1.54, 1.807) is 0 Å². The maximum absolute atomic E-state index is 10.6. The molecule has 0 aromatic heterocycles. The van der Waals surface area contributed by atoms with Crippen molar-refractivity contribution in [1.29, 1.82) is 0 Å². The van der Waals surface area contributed by atoms with Crippen molar-refractivity contribution in [2.24, 2.45) is 5.73 Å². The molecule has 0 saturated heterocycles. The molecule has 0 aliphatic rings. The lowest BCUT2D eigenvalue weighted by Gasteiger charge is -2.18. The molecule has 2 nitrogen and oxygen atoms in total. The summed E-state index contributed by atoms with van der Waals surface area (Å²) in [5, 5.41) is 10.6. The molecule has 2 aromatic rings. The molecule has 3 N–H and O–H groups in total. The molecule has 0 amide bonds. The summed E-state index contributed by atoms with van der Waals surface area (Å²) < 4.78 is 0. The van der Waals surface area contributed by atoms with Gasteiger partial charge in [0.15, 0.2) is 0 Å². The smallest absolute Gasteiger partial charge is 0.105 e. The summed E-state index contributed by atoms with van der Waals surface area (Å²) in [6, 6.07) is 12.3. The van der Waals surface area contributed by atoms with E-state index in [-0.39, 0.29) is 0 Å². The van der Waals surface area contributed by atoms with E-state index in [9.17, 15) is 5.11 Å². The van der Waals surface area contributed by atoms with E-state index >= 15 is 0 Å². The van der Waals surface area contributed by atoms with E-state index in [4.69, 9.17) is 5.73 Å². The van der Waals surface area contributed by atoms with Crippen LogP contribution in [0.5, 0.6) is 0 Å². The molecule has 1 unspecified atom stereocenters. The number of aryl methyl sites for hydroxylation is 3. The number of benzene rings is 2. The highest BCUT2D eigenvalue weighted by molar-refractivity contribution is 5.43. The highest BCUT2D eigenvalue weighted by atomic mass is 16.3. The Morgan fingerprint density at radius 2 is 1.55 bits per heavy atom. The maximum Gasteiger partial charge on any atom is 0.105 e. The Morgan fingerprint density at radius 3 is 2.05 bits per heavy atom. The summed E-state index contributed by atoms with van der Waals surface area (Å²) in [6.45, 7) is 6.85. The highest BCUT2D eigenvalue weighted by Gasteiger charge is 2.15. The Labute approximate surface area is 121 Å². The molecule has 0 fully saturated rings. The molecule has 0 saturated carbocycles. The van der Waals surface area contributed by atoms with Crippen LogP contribution in [0.1, 0.15) is 39.5 Å². The van der Waals surface area contributed by atoms with Gasteiger partial charge >= 0.3 is 0 Å². The monoisotopic (exact) mass is 269 g/mol. The number of nitrogens with two attached hydrogens (primary N) is 1. The second-order valence-corrected chi connectivity index (χ2v) is 5.50. The Bertz CT molecular complexity index is 564. The Morgan fingerprint density at radius 1 is 1.00 bits per heavy atom. The topological polar surface area (TPSA) is 46.2 Å². The largest absolute Gasteiger partial charge is 0.384 e. The molecular formula is C18H23NO. The molecule has 1 atom stereocenters. The number of hydrogen-bond donors (Lipinski definition) is 2. The summed E-state index contributed by atoms with van der Waals surface area (Å²) in [7, 11) is 0. The van der Waals surface area contributed by atoms with Crippen LogP contribution in [0.25, 0.3) is 0 Å². The number of hydrogen-bond acceptors (Lipinski definition) is 2. The average molecular weight is 269 g/mol. The van der Waals surface area contributed by atoms with Gasteiger partial charge < -0.3 is 10.8 Å². The molecule has 0 heterocycles. The van der Waals surface area contributed by atoms with Crippen molar-refractivity contribution < 1.29 is 5.11 Å². The number of rotatable bonds is 4. The van der Waals surface area contributed by atoms with Crippen molar-refractivity contribution in [3.05, 3.63) is 69.8 Å². The van der Waals surface area contributed by atoms with E-state index in [0.29, 0.717) is 6.54 Å². The molecule has 20 heavy (non-hydrogen) atoms. The van der Waals surface area contributed by atoms with Gasteiger partial charge in [0, 0.05) is 0 Å². The number of aliphatic hydroxyl groups excluding tert-OH is 1. The van der Waals surface area contributed by atoms with E-state index in [2.05, 4.69) is 32.9 Å². The molecule has 0 radical (unpaired) electrons. The van der Waals surface area contributed by atoms with Crippen molar-refractivity contribution in [2.45, 2.75) is 33.3 Å². The lowest BCUT2D eigenvalue weighted by atomic mass is 9.91. The molecule has 0 spiro atoms. The summed E-state index contributed by atoms with van der Waals surface area (Å²) >= 11 is 0. The van der Waals surface area contributed by atoms with Gasteiger partial charge in [-0.05, 0) is 61.6 Å². The van der Waals surface area contributed by atoms with Gasteiger partial charge in [-0.25, -0.2) is 0 Å². The van der Waals surface area contributed by atoms with Gasteiger partial charge in [-0.15, -0.1) is 0 Å². The van der Waals surface area contributed by atoms with Crippen molar-refractivity contribution in [2.75, 3.05) is 6.54 Å². The van der Waals surface area contributed by atoms with Gasteiger partial charge in [-0.3, -0.25) is 0 Å². The fourth-order valence-corrected chi connectivity index (χ4v) is 2.82. The molecule has 106 valence electrons. The van der Waals surface area contributed by atoms with Crippen molar-refractivity contribution in [3.63, 3.8) is 0 Å². The third-order valence-electron chi connectivity index (χ3n) is 3.74. The first-order valence-corrected chi connectivity index (χ1v) is 7.07. The molecule has 0 aliphatic heterocycles. The predicted octanol–water partition coefficient (Wildman–Crippen LogP) is 3.19. The third-order valence-corrected chi connectivity index (χ3v) is 3.74. The van der Waals surface area contributed by atoms with Crippen LogP contribution in [0.15, 0.2) is 36.4 Å². The van der Waals surface area contributed by atoms with E-state index in [1.807, 2.05) is 24.3 Å².